The van der Waals surface area contributed by atoms with E-state index in [9.17, 15) is 0 Å². The van der Waals surface area contributed by atoms with E-state index >= 15 is 0 Å². The van der Waals surface area contributed by atoms with Crippen molar-refractivity contribution in [2.75, 3.05) is 10.7 Å². The van der Waals surface area contributed by atoms with Crippen LogP contribution in [0.4, 0.5) is 0 Å². The fourth-order valence-corrected chi connectivity index (χ4v) is 7.44. The van der Waals surface area contributed by atoms with E-state index in [1.807, 2.05) is 0 Å². The molecule has 0 aliphatic heterocycles. The summed E-state index contributed by atoms with van der Waals surface area (Å²) in [5.41, 5.74) is 5.16. The third-order valence-electron chi connectivity index (χ3n) is 5.19. The lowest BCUT2D eigenvalue weighted by Crippen LogP contribution is -2.21. The molecule has 2 unspecified atom stereocenters. The van der Waals surface area contributed by atoms with Gasteiger partial charge in [-0.1, -0.05) is 134 Å². The summed E-state index contributed by atoms with van der Waals surface area (Å²) in [6, 6.07) is 9.12. The van der Waals surface area contributed by atoms with Crippen molar-refractivity contribution >= 4 is 127 Å². The first-order valence-electron chi connectivity index (χ1n) is 9.79. The van der Waals surface area contributed by atoms with E-state index < -0.39 is 0 Å². The highest BCUT2D eigenvalue weighted by Crippen LogP contribution is 2.41. The largest absolute Gasteiger partial charge is 0.0913 e. The molecule has 0 aromatic heterocycles. The van der Waals surface area contributed by atoms with Crippen LogP contribution >= 0.6 is 127 Å². The molecule has 8 heteroatoms. The Morgan fingerprint density at radius 2 is 0.968 bits per heavy atom. The van der Waals surface area contributed by atoms with E-state index in [1.165, 1.54) is 22.3 Å². The van der Waals surface area contributed by atoms with Gasteiger partial charge in [0.05, 0.1) is 0 Å². The number of alkyl halides is 4. The van der Waals surface area contributed by atoms with Gasteiger partial charge in [-0.15, -0.1) is 0 Å². The lowest BCUT2D eigenvalue weighted by atomic mass is 9.87. The Morgan fingerprint density at radius 1 is 0.677 bits per heavy atom. The molecule has 2 rings (SSSR count). The van der Waals surface area contributed by atoms with Crippen LogP contribution in [-0.2, 0) is 12.8 Å². The van der Waals surface area contributed by atoms with Gasteiger partial charge in [-0.05, 0) is 79.6 Å². The quantitative estimate of drug-likeness (QED) is 0.220. The molecule has 2 aromatic carbocycles. The molecular weight excluding hydrogens is 915 g/mol. The van der Waals surface area contributed by atoms with E-state index in [0.717, 1.165) is 47.8 Å². The predicted octanol–water partition coefficient (Wildman–Crippen LogP) is 11.5. The smallest absolute Gasteiger partial charge is 0.0367 e. The minimum absolute atomic E-state index is 0.00826. The average molecular weight is 940 g/mol. The maximum atomic E-state index is 3.84. The normalized spacial score (nSPS) is 16.6. The van der Waals surface area contributed by atoms with Crippen LogP contribution in [0.25, 0.3) is 0 Å². The van der Waals surface area contributed by atoms with Crippen LogP contribution in [0.1, 0.15) is 55.4 Å². The summed E-state index contributed by atoms with van der Waals surface area (Å²) in [5, 5.41) is 1.77. The highest BCUT2D eigenvalue weighted by atomic mass is 79.9. The third kappa shape index (κ3) is 8.15. The van der Waals surface area contributed by atoms with Crippen LogP contribution in [0.5, 0.6) is 0 Å². The van der Waals surface area contributed by atoms with Gasteiger partial charge in [0, 0.05) is 43.1 Å². The maximum Gasteiger partial charge on any atom is 0.0367 e. The molecule has 0 aliphatic rings. The van der Waals surface area contributed by atoms with Gasteiger partial charge in [-0.3, -0.25) is 0 Å². The van der Waals surface area contributed by atoms with Crippen LogP contribution in [0.2, 0.25) is 0 Å². The molecule has 0 heterocycles. The first kappa shape index (κ1) is 29.5. The molecule has 0 bridgehead atoms. The summed E-state index contributed by atoms with van der Waals surface area (Å²) >= 11 is 30.2. The minimum atomic E-state index is 0.00826. The van der Waals surface area contributed by atoms with Crippen LogP contribution < -0.4 is 0 Å². The van der Waals surface area contributed by atoms with E-state index in [1.54, 1.807) is 0 Å². The molecule has 0 fully saturated rings. The van der Waals surface area contributed by atoms with Crippen LogP contribution in [0.3, 0.4) is 0 Å². The molecule has 172 valence electrons. The monoisotopic (exact) mass is 932 g/mol. The summed E-state index contributed by atoms with van der Waals surface area (Å²) in [4.78, 5) is 0. The van der Waals surface area contributed by atoms with Crippen LogP contribution in [0, 0.1) is 0 Å². The van der Waals surface area contributed by atoms with E-state index in [2.05, 4.69) is 172 Å². The Balaban J connectivity index is 2.45. The summed E-state index contributed by atoms with van der Waals surface area (Å²) in [6.45, 7) is 6.65. The summed E-state index contributed by atoms with van der Waals surface area (Å²) in [6.07, 6.45) is 2.86. The lowest BCUT2D eigenvalue weighted by Gasteiger charge is -2.25. The van der Waals surface area contributed by atoms with Crippen molar-refractivity contribution in [3.05, 3.63) is 64.4 Å². The molecule has 2 aromatic rings. The van der Waals surface area contributed by atoms with Gasteiger partial charge in [0.15, 0.2) is 0 Å². The Labute approximate surface area is 253 Å². The summed E-state index contributed by atoms with van der Waals surface area (Å²) in [7, 11) is 0. The maximum absolute atomic E-state index is 3.84. The van der Waals surface area contributed by atoms with Gasteiger partial charge < -0.3 is 0 Å². The van der Waals surface area contributed by atoms with Gasteiger partial charge in [0.1, 0.15) is 0 Å². The molecule has 0 aliphatic carbocycles. The van der Waals surface area contributed by atoms with Gasteiger partial charge >= 0.3 is 0 Å². The molecule has 0 N–H and O–H groups in total. The van der Waals surface area contributed by atoms with Gasteiger partial charge in [0.2, 0.25) is 0 Å². The second-order valence-electron chi connectivity index (χ2n) is 8.33. The van der Waals surface area contributed by atoms with Gasteiger partial charge in [-0.2, -0.15) is 0 Å². The highest BCUT2D eigenvalue weighted by molar-refractivity contribution is 9.13. The number of halogens is 8. The van der Waals surface area contributed by atoms with Crippen molar-refractivity contribution in [1.29, 1.82) is 0 Å². The predicted molar refractivity (Wildman–Crippen MR) is 165 cm³/mol. The molecule has 0 radical (unpaired) electrons. The summed E-state index contributed by atoms with van der Waals surface area (Å²) < 4.78 is 4.59. The van der Waals surface area contributed by atoms with Crippen molar-refractivity contribution in [3.63, 3.8) is 0 Å². The van der Waals surface area contributed by atoms with Crippen molar-refractivity contribution < 1.29 is 0 Å². The average Bonchev–Trinajstić information content (AvgIpc) is 2.68. The zero-order valence-electron chi connectivity index (χ0n) is 17.4. The topological polar surface area (TPSA) is 0 Å². The zero-order chi connectivity index (χ0) is 23.6. The van der Waals surface area contributed by atoms with Crippen LogP contribution in [0.15, 0.2) is 42.2 Å². The Kier molecular flexibility index (Phi) is 11.9. The molecule has 0 saturated carbocycles. The second-order valence-corrected chi connectivity index (χ2v) is 16.7. The molecule has 0 saturated heterocycles. The standard InChI is InChI=1S/C23H24Br8/c1-4-15(13-5-18(26)16(19(27)6-13)9-22(2,30)11-24)14-7-20(28)17(21(29)8-14)10-23(3,31)12-25/h5-8,15H,4,9-12H2,1-3H3. The lowest BCUT2D eigenvalue weighted by molar-refractivity contribution is 0.728. The third-order valence-corrected chi connectivity index (χ3v) is 13.1. The fourth-order valence-electron chi connectivity index (χ4n) is 3.48. The Morgan fingerprint density at radius 3 is 1.19 bits per heavy atom. The first-order chi connectivity index (χ1) is 14.3. The first-order valence-corrected chi connectivity index (χ1v) is 16.8. The number of hydrogen-bond acceptors (Lipinski definition) is 0. The Bertz CT molecular complexity index is 800. The Hall–Kier alpha value is 2.28. The summed E-state index contributed by atoms with van der Waals surface area (Å²) in [5.74, 6) is 0.307. The molecule has 31 heavy (non-hydrogen) atoms. The second kappa shape index (κ2) is 12.5. The van der Waals surface area contributed by atoms with Crippen LogP contribution in [-0.4, -0.2) is 19.3 Å². The van der Waals surface area contributed by atoms with E-state index in [0.29, 0.717) is 5.92 Å². The molecule has 0 spiro atoms. The van der Waals surface area contributed by atoms with Crippen molar-refractivity contribution in [3.8, 4) is 0 Å². The van der Waals surface area contributed by atoms with Crippen molar-refractivity contribution in [2.45, 2.75) is 54.6 Å². The minimum Gasteiger partial charge on any atom is -0.0913 e. The van der Waals surface area contributed by atoms with Gasteiger partial charge in [0.25, 0.3) is 0 Å². The number of benzene rings is 2. The fraction of sp³-hybridized carbons (Fsp3) is 0.478. The van der Waals surface area contributed by atoms with Crippen molar-refractivity contribution in [2.24, 2.45) is 0 Å². The molecular formula is C23H24Br8. The molecule has 2 atom stereocenters. The number of rotatable bonds is 9. The SMILES string of the molecule is CCC(c1cc(Br)c(CC(C)(Br)CBr)c(Br)c1)c1cc(Br)c(CC(C)(Br)CBr)c(Br)c1. The zero-order valence-corrected chi connectivity index (χ0v) is 30.1. The van der Waals surface area contributed by atoms with Crippen molar-refractivity contribution in [1.82, 2.24) is 0 Å². The molecule has 0 nitrogen and oxygen atoms in total. The van der Waals surface area contributed by atoms with E-state index in [-0.39, 0.29) is 8.65 Å². The number of hydrogen-bond donors (Lipinski definition) is 0. The highest BCUT2D eigenvalue weighted by Gasteiger charge is 2.25. The molecule has 0 amide bonds. The van der Waals surface area contributed by atoms with E-state index in [4.69, 9.17) is 0 Å². The van der Waals surface area contributed by atoms with Gasteiger partial charge in [-0.25, -0.2) is 0 Å².